The van der Waals surface area contributed by atoms with E-state index in [9.17, 15) is 4.57 Å². The molecule has 4 nitrogen and oxygen atoms in total. The van der Waals surface area contributed by atoms with Crippen molar-refractivity contribution in [1.82, 2.24) is 4.98 Å². The highest BCUT2D eigenvalue weighted by Crippen LogP contribution is 2.50. The third-order valence-electron chi connectivity index (χ3n) is 2.99. The van der Waals surface area contributed by atoms with E-state index < -0.39 is 7.60 Å². The Bertz CT molecular complexity index is 652. The number of rotatable bonds is 4. The lowest BCUT2D eigenvalue weighted by atomic mass is 10.1. The summed E-state index contributed by atoms with van der Waals surface area (Å²) in [6, 6.07) is 7.41. The molecule has 0 radical (unpaired) electrons. The fraction of sp³-hybridized carbons (Fsp3) is 0.308. The lowest BCUT2D eigenvalue weighted by molar-refractivity contribution is 0.274. The number of aromatic nitrogens is 1. The number of hydrogen-bond donors (Lipinski definition) is 0. The summed E-state index contributed by atoms with van der Waals surface area (Å²) >= 11 is 5.97. The minimum Gasteiger partial charge on any atom is -0.312 e. The van der Waals surface area contributed by atoms with Gasteiger partial charge in [-0.15, -0.1) is 0 Å². The number of nitrogens with zero attached hydrogens (tertiary/aromatic N) is 1. The van der Waals surface area contributed by atoms with Crippen molar-refractivity contribution in [2.24, 2.45) is 0 Å². The van der Waals surface area contributed by atoms with Crippen molar-refractivity contribution < 1.29 is 13.6 Å². The van der Waals surface area contributed by atoms with E-state index in [4.69, 9.17) is 20.6 Å². The summed E-state index contributed by atoms with van der Waals surface area (Å²) in [5, 5.41) is 1.55. The smallest absolute Gasteiger partial charge is 0.312 e. The highest BCUT2D eigenvalue weighted by atomic mass is 35.5. The van der Waals surface area contributed by atoms with Crippen molar-refractivity contribution in [3.63, 3.8) is 0 Å². The van der Waals surface area contributed by atoms with E-state index in [2.05, 4.69) is 4.98 Å². The molecule has 0 aliphatic heterocycles. The maximum Gasteiger partial charge on any atom is 0.334 e. The maximum absolute atomic E-state index is 12.2. The van der Waals surface area contributed by atoms with Crippen molar-refractivity contribution in [3.05, 3.63) is 40.5 Å². The zero-order chi connectivity index (χ0) is 14.0. The van der Waals surface area contributed by atoms with E-state index in [1.807, 2.05) is 25.1 Å². The molecule has 0 fully saturated rings. The molecule has 1 heterocycles. The van der Waals surface area contributed by atoms with Crippen molar-refractivity contribution >= 4 is 30.1 Å². The monoisotopic (exact) mass is 299 g/mol. The molecule has 0 saturated carbocycles. The Balaban J connectivity index is 2.49. The van der Waals surface area contributed by atoms with Gasteiger partial charge in [0.05, 0.1) is 11.7 Å². The molecule has 19 heavy (non-hydrogen) atoms. The highest BCUT2D eigenvalue weighted by molar-refractivity contribution is 7.52. The van der Waals surface area contributed by atoms with Gasteiger partial charge in [0.15, 0.2) is 0 Å². The standard InChI is InChI=1S/C13H15ClNO3P/c1-9-11(8-19(16,17-2)18-3)6-10-7-12(14)4-5-13(10)15-9/h4-7H,8H2,1-3H3. The summed E-state index contributed by atoms with van der Waals surface area (Å²) < 4.78 is 22.1. The first kappa shape index (κ1) is 14.5. The molecular weight excluding hydrogens is 285 g/mol. The molecule has 0 N–H and O–H groups in total. The summed E-state index contributed by atoms with van der Waals surface area (Å²) in [4.78, 5) is 4.48. The molecule has 0 aliphatic rings. The molecule has 0 unspecified atom stereocenters. The van der Waals surface area contributed by atoms with Crippen molar-refractivity contribution in [1.29, 1.82) is 0 Å². The number of halogens is 1. The Kier molecular flexibility index (Phi) is 4.26. The van der Waals surface area contributed by atoms with Gasteiger partial charge in [-0.05, 0) is 36.8 Å². The zero-order valence-electron chi connectivity index (χ0n) is 11.0. The third kappa shape index (κ3) is 3.15. The van der Waals surface area contributed by atoms with Gasteiger partial charge in [-0.3, -0.25) is 9.55 Å². The summed E-state index contributed by atoms with van der Waals surface area (Å²) in [7, 11) is -0.333. The van der Waals surface area contributed by atoms with Gasteiger partial charge < -0.3 is 9.05 Å². The predicted octanol–water partition coefficient (Wildman–Crippen LogP) is 4.18. The number of pyridine rings is 1. The number of fused-ring (bicyclic) bond motifs is 1. The third-order valence-corrected chi connectivity index (χ3v) is 5.07. The summed E-state index contributed by atoms with van der Waals surface area (Å²) in [6.45, 7) is 1.87. The van der Waals surface area contributed by atoms with E-state index in [1.54, 1.807) is 6.07 Å². The van der Waals surface area contributed by atoms with E-state index in [1.165, 1.54) is 14.2 Å². The molecule has 2 rings (SSSR count). The molecule has 0 aliphatic carbocycles. The van der Waals surface area contributed by atoms with Gasteiger partial charge in [-0.2, -0.15) is 0 Å². The fourth-order valence-corrected chi connectivity index (χ4v) is 3.18. The van der Waals surface area contributed by atoms with Crippen LogP contribution >= 0.6 is 19.2 Å². The molecule has 0 amide bonds. The zero-order valence-corrected chi connectivity index (χ0v) is 12.7. The van der Waals surface area contributed by atoms with Gasteiger partial charge in [0.1, 0.15) is 0 Å². The lowest BCUT2D eigenvalue weighted by Gasteiger charge is -2.15. The van der Waals surface area contributed by atoms with E-state index in [0.717, 1.165) is 22.2 Å². The minimum absolute atomic E-state index is 0.196. The first-order valence-corrected chi connectivity index (χ1v) is 7.84. The van der Waals surface area contributed by atoms with Gasteiger partial charge in [0.25, 0.3) is 0 Å². The van der Waals surface area contributed by atoms with Gasteiger partial charge in [0.2, 0.25) is 0 Å². The normalized spacial score (nSPS) is 12.0. The van der Waals surface area contributed by atoms with E-state index in [0.29, 0.717) is 5.02 Å². The van der Waals surface area contributed by atoms with E-state index in [-0.39, 0.29) is 6.16 Å². The number of hydrogen-bond acceptors (Lipinski definition) is 4. The van der Waals surface area contributed by atoms with Crippen LogP contribution in [0, 0.1) is 6.92 Å². The summed E-state index contributed by atoms with van der Waals surface area (Å²) in [6.07, 6.45) is 0.196. The molecule has 6 heteroatoms. The largest absolute Gasteiger partial charge is 0.334 e. The van der Waals surface area contributed by atoms with Crippen molar-refractivity contribution in [2.75, 3.05) is 14.2 Å². The van der Waals surface area contributed by atoms with Crippen LogP contribution in [0.2, 0.25) is 5.02 Å². The average Bonchev–Trinajstić information content (AvgIpc) is 2.40. The molecule has 0 atom stereocenters. The second kappa shape index (κ2) is 5.59. The minimum atomic E-state index is -3.09. The first-order chi connectivity index (χ1) is 8.97. The molecule has 102 valence electrons. The summed E-state index contributed by atoms with van der Waals surface area (Å²) in [5.74, 6) is 0. The van der Waals surface area contributed by atoms with Gasteiger partial charge in [-0.25, -0.2) is 0 Å². The van der Waals surface area contributed by atoms with Crippen LogP contribution in [-0.4, -0.2) is 19.2 Å². The van der Waals surface area contributed by atoms with Gasteiger partial charge >= 0.3 is 7.60 Å². The van der Waals surface area contributed by atoms with Crippen LogP contribution in [0.3, 0.4) is 0 Å². The molecule has 2 aromatic rings. The van der Waals surface area contributed by atoms with Crippen LogP contribution in [0.25, 0.3) is 10.9 Å². The van der Waals surface area contributed by atoms with Crippen LogP contribution in [0.1, 0.15) is 11.3 Å². The molecule has 0 spiro atoms. The molecule has 1 aromatic carbocycles. The van der Waals surface area contributed by atoms with Crippen LogP contribution < -0.4 is 0 Å². The van der Waals surface area contributed by atoms with Crippen LogP contribution in [0.4, 0.5) is 0 Å². The second-order valence-corrected chi connectivity index (χ2v) is 6.91. The number of benzene rings is 1. The Morgan fingerprint density at radius 3 is 2.58 bits per heavy atom. The molecule has 1 aromatic heterocycles. The first-order valence-electron chi connectivity index (χ1n) is 5.74. The summed E-state index contributed by atoms with van der Waals surface area (Å²) in [5.41, 5.74) is 2.50. The van der Waals surface area contributed by atoms with Crippen molar-refractivity contribution in [2.45, 2.75) is 13.1 Å². The van der Waals surface area contributed by atoms with Gasteiger partial charge in [0, 0.05) is 30.3 Å². The SMILES string of the molecule is COP(=O)(Cc1cc2cc(Cl)ccc2nc1C)OC. The molecule has 0 saturated heterocycles. The highest BCUT2D eigenvalue weighted by Gasteiger charge is 2.23. The Hall–Kier alpha value is -0.930. The van der Waals surface area contributed by atoms with Crippen LogP contribution in [0.5, 0.6) is 0 Å². The van der Waals surface area contributed by atoms with Crippen LogP contribution in [-0.2, 0) is 19.8 Å². The fourth-order valence-electron chi connectivity index (χ4n) is 1.86. The lowest BCUT2D eigenvalue weighted by Crippen LogP contribution is -1.98. The Morgan fingerprint density at radius 2 is 1.95 bits per heavy atom. The predicted molar refractivity (Wildman–Crippen MR) is 76.8 cm³/mol. The average molecular weight is 300 g/mol. The molecular formula is C13H15ClNO3P. The molecule has 0 bridgehead atoms. The quantitative estimate of drug-likeness (QED) is 0.795. The number of aryl methyl sites for hydroxylation is 1. The van der Waals surface area contributed by atoms with E-state index >= 15 is 0 Å². The Labute approximate surface area is 117 Å². The second-order valence-electron chi connectivity index (χ2n) is 4.20. The Morgan fingerprint density at radius 1 is 1.26 bits per heavy atom. The van der Waals surface area contributed by atoms with Crippen LogP contribution in [0.15, 0.2) is 24.3 Å². The maximum atomic E-state index is 12.2. The topological polar surface area (TPSA) is 48.4 Å². The van der Waals surface area contributed by atoms with Crippen molar-refractivity contribution in [3.8, 4) is 0 Å². The van der Waals surface area contributed by atoms with Gasteiger partial charge in [-0.1, -0.05) is 11.6 Å².